The van der Waals surface area contributed by atoms with Crippen molar-refractivity contribution in [2.24, 2.45) is 0 Å². The molecule has 1 aromatic carbocycles. The summed E-state index contributed by atoms with van der Waals surface area (Å²) in [7, 11) is 0. The molecule has 0 aliphatic carbocycles. The van der Waals surface area contributed by atoms with Gasteiger partial charge in [0, 0.05) is 0 Å². The molecule has 0 saturated carbocycles. The van der Waals surface area contributed by atoms with Crippen molar-refractivity contribution in [3.05, 3.63) is 46.5 Å². The second kappa shape index (κ2) is 3.98. The van der Waals surface area contributed by atoms with Crippen LogP contribution in [0.4, 0.5) is 0 Å². The summed E-state index contributed by atoms with van der Waals surface area (Å²) in [6.07, 6.45) is 3.27. The van der Waals surface area contributed by atoms with Crippen LogP contribution in [0.3, 0.4) is 0 Å². The maximum Gasteiger partial charge on any atom is 0.119 e. The summed E-state index contributed by atoms with van der Waals surface area (Å²) in [5.74, 6) is 0. The summed E-state index contributed by atoms with van der Waals surface area (Å²) >= 11 is 11.9. The molecular formula is C9H7Cl2N3. The van der Waals surface area contributed by atoms with E-state index >= 15 is 0 Å². The molecule has 0 fully saturated rings. The highest BCUT2D eigenvalue weighted by molar-refractivity contribution is 6.42. The standard InChI is InChI=1S/C9H7Cl2N3/c10-8-3-1-2-7(9(8)11)4-14-5-12-13-6-14/h1-3,5-6H,4H2. The van der Waals surface area contributed by atoms with Crippen molar-refractivity contribution in [2.45, 2.75) is 6.54 Å². The second-order valence-electron chi connectivity index (χ2n) is 2.85. The van der Waals surface area contributed by atoms with E-state index < -0.39 is 0 Å². The number of aromatic nitrogens is 3. The molecule has 0 radical (unpaired) electrons. The van der Waals surface area contributed by atoms with E-state index in [0.29, 0.717) is 16.6 Å². The van der Waals surface area contributed by atoms with E-state index in [1.54, 1.807) is 18.7 Å². The normalized spacial score (nSPS) is 10.4. The van der Waals surface area contributed by atoms with Gasteiger partial charge in [0.1, 0.15) is 12.7 Å². The topological polar surface area (TPSA) is 30.7 Å². The second-order valence-corrected chi connectivity index (χ2v) is 3.63. The molecule has 5 heteroatoms. The first kappa shape index (κ1) is 9.49. The van der Waals surface area contributed by atoms with Gasteiger partial charge >= 0.3 is 0 Å². The molecule has 3 nitrogen and oxygen atoms in total. The first-order valence-corrected chi connectivity index (χ1v) is 4.78. The van der Waals surface area contributed by atoms with Crippen LogP contribution in [0, 0.1) is 0 Å². The molecule has 0 aliphatic heterocycles. The predicted octanol–water partition coefficient (Wildman–Crippen LogP) is 2.63. The number of halogens is 2. The van der Waals surface area contributed by atoms with Gasteiger partial charge in [0.05, 0.1) is 16.6 Å². The maximum absolute atomic E-state index is 6.02. The third-order valence-corrected chi connectivity index (χ3v) is 2.71. The molecule has 14 heavy (non-hydrogen) atoms. The van der Waals surface area contributed by atoms with Crippen molar-refractivity contribution in [2.75, 3.05) is 0 Å². The largest absolute Gasteiger partial charge is 0.316 e. The molecule has 0 unspecified atom stereocenters. The van der Waals surface area contributed by atoms with Gasteiger partial charge in [0.2, 0.25) is 0 Å². The van der Waals surface area contributed by atoms with Crippen molar-refractivity contribution in [3.8, 4) is 0 Å². The summed E-state index contributed by atoms with van der Waals surface area (Å²) in [5.41, 5.74) is 0.957. The van der Waals surface area contributed by atoms with Gasteiger partial charge < -0.3 is 4.57 Å². The molecule has 1 aromatic heterocycles. The van der Waals surface area contributed by atoms with Crippen molar-refractivity contribution >= 4 is 23.2 Å². The van der Waals surface area contributed by atoms with Crippen LogP contribution in [0.2, 0.25) is 10.0 Å². The Kier molecular flexibility index (Phi) is 2.70. The molecule has 0 aliphatic rings. The minimum atomic E-state index is 0.567. The lowest BCUT2D eigenvalue weighted by atomic mass is 10.2. The monoisotopic (exact) mass is 227 g/mol. The molecule has 72 valence electrons. The zero-order valence-electron chi connectivity index (χ0n) is 7.19. The molecule has 0 spiro atoms. The Balaban J connectivity index is 2.29. The molecule has 0 N–H and O–H groups in total. The zero-order valence-corrected chi connectivity index (χ0v) is 8.70. The third-order valence-electron chi connectivity index (χ3n) is 1.85. The van der Waals surface area contributed by atoms with Crippen LogP contribution in [0.5, 0.6) is 0 Å². The number of nitrogens with zero attached hydrogens (tertiary/aromatic N) is 3. The summed E-state index contributed by atoms with van der Waals surface area (Å²) < 4.78 is 1.83. The molecule has 1 heterocycles. The maximum atomic E-state index is 6.02. The van der Waals surface area contributed by atoms with Crippen LogP contribution in [0.1, 0.15) is 5.56 Å². The lowest BCUT2D eigenvalue weighted by Gasteiger charge is -2.05. The molecule has 0 atom stereocenters. The average Bonchev–Trinajstić information content (AvgIpc) is 2.66. The fourth-order valence-corrected chi connectivity index (χ4v) is 1.55. The van der Waals surface area contributed by atoms with Crippen LogP contribution >= 0.6 is 23.2 Å². The number of rotatable bonds is 2. The highest BCUT2D eigenvalue weighted by Crippen LogP contribution is 2.25. The Morgan fingerprint density at radius 1 is 1.14 bits per heavy atom. The average molecular weight is 228 g/mol. The Bertz CT molecular complexity index is 426. The van der Waals surface area contributed by atoms with Crippen molar-refractivity contribution in [3.63, 3.8) is 0 Å². The van der Waals surface area contributed by atoms with Crippen molar-refractivity contribution < 1.29 is 0 Å². The van der Waals surface area contributed by atoms with Gasteiger partial charge in [0.25, 0.3) is 0 Å². The number of benzene rings is 1. The van der Waals surface area contributed by atoms with Gasteiger partial charge in [-0.2, -0.15) is 0 Å². The van der Waals surface area contributed by atoms with E-state index in [0.717, 1.165) is 5.56 Å². The zero-order chi connectivity index (χ0) is 9.97. The van der Waals surface area contributed by atoms with Crippen LogP contribution < -0.4 is 0 Å². The molecule has 0 saturated heterocycles. The molecule has 2 rings (SSSR count). The molecule has 0 amide bonds. The predicted molar refractivity (Wildman–Crippen MR) is 55.6 cm³/mol. The van der Waals surface area contributed by atoms with Crippen LogP contribution in [-0.4, -0.2) is 14.8 Å². The Labute approximate surface area is 91.3 Å². The van der Waals surface area contributed by atoms with E-state index in [4.69, 9.17) is 23.2 Å². The van der Waals surface area contributed by atoms with Gasteiger partial charge in [-0.15, -0.1) is 10.2 Å². The van der Waals surface area contributed by atoms with E-state index in [9.17, 15) is 0 Å². The Hall–Kier alpha value is -1.06. The lowest BCUT2D eigenvalue weighted by molar-refractivity contribution is 0.794. The summed E-state index contributed by atoms with van der Waals surface area (Å²) in [6, 6.07) is 5.56. The highest BCUT2D eigenvalue weighted by atomic mass is 35.5. The smallest absolute Gasteiger partial charge is 0.119 e. The Morgan fingerprint density at radius 2 is 1.86 bits per heavy atom. The van der Waals surface area contributed by atoms with E-state index in [-0.39, 0.29) is 0 Å². The van der Waals surface area contributed by atoms with Gasteiger partial charge in [-0.3, -0.25) is 0 Å². The summed E-state index contributed by atoms with van der Waals surface area (Å²) in [4.78, 5) is 0. The van der Waals surface area contributed by atoms with E-state index in [2.05, 4.69) is 10.2 Å². The molecule has 0 bridgehead atoms. The minimum absolute atomic E-state index is 0.567. The number of hydrogen-bond acceptors (Lipinski definition) is 2. The first-order chi connectivity index (χ1) is 6.77. The van der Waals surface area contributed by atoms with E-state index in [1.165, 1.54) is 0 Å². The highest BCUT2D eigenvalue weighted by Gasteiger charge is 2.04. The fraction of sp³-hybridized carbons (Fsp3) is 0.111. The molecule has 2 aromatic rings. The first-order valence-electron chi connectivity index (χ1n) is 4.02. The Morgan fingerprint density at radius 3 is 2.57 bits per heavy atom. The quantitative estimate of drug-likeness (QED) is 0.790. The van der Waals surface area contributed by atoms with Gasteiger partial charge in [-0.25, -0.2) is 0 Å². The van der Waals surface area contributed by atoms with Crippen molar-refractivity contribution in [1.82, 2.24) is 14.8 Å². The minimum Gasteiger partial charge on any atom is -0.316 e. The van der Waals surface area contributed by atoms with Gasteiger partial charge in [0.15, 0.2) is 0 Å². The lowest BCUT2D eigenvalue weighted by Crippen LogP contribution is -1.97. The number of hydrogen-bond donors (Lipinski definition) is 0. The van der Waals surface area contributed by atoms with Gasteiger partial charge in [-0.1, -0.05) is 35.3 Å². The SMILES string of the molecule is Clc1cccc(Cn2cnnc2)c1Cl. The van der Waals surface area contributed by atoms with Crippen molar-refractivity contribution in [1.29, 1.82) is 0 Å². The molecular weight excluding hydrogens is 221 g/mol. The van der Waals surface area contributed by atoms with Crippen LogP contribution in [0.15, 0.2) is 30.9 Å². The van der Waals surface area contributed by atoms with Crippen LogP contribution in [-0.2, 0) is 6.54 Å². The third kappa shape index (κ3) is 1.89. The van der Waals surface area contributed by atoms with Crippen LogP contribution in [0.25, 0.3) is 0 Å². The van der Waals surface area contributed by atoms with E-state index in [1.807, 2.05) is 16.7 Å². The summed E-state index contributed by atoms with van der Waals surface area (Å²) in [6.45, 7) is 0.631. The fourth-order valence-electron chi connectivity index (χ4n) is 1.17. The van der Waals surface area contributed by atoms with Gasteiger partial charge in [-0.05, 0) is 11.6 Å². The summed E-state index contributed by atoms with van der Waals surface area (Å²) in [5, 5.41) is 8.57.